The van der Waals surface area contributed by atoms with E-state index in [1.807, 2.05) is 20.8 Å². The lowest BCUT2D eigenvalue weighted by atomic mass is 9.96. The third-order valence-corrected chi connectivity index (χ3v) is 5.46. The minimum absolute atomic E-state index is 0.0712. The summed E-state index contributed by atoms with van der Waals surface area (Å²) in [6, 6.07) is 4.36. The molecule has 0 aliphatic carbocycles. The standard InChI is InChI=1S/C19H30N4O5S/c1-19(2,3)28-18(25)23-10-8-13(9-11-23)17(24)21-15-12-14(29(20,26)27)6-7-16(15)22(4)5/h6-7,12-13H,8-11H2,1-5H3,(H,21,24)(H2,20,26,27). The molecule has 0 atom stereocenters. The number of nitrogens with two attached hydrogens (primary N) is 1. The number of nitrogens with one attached hydrogen (secondary N) is 1. The maximum atomic E-state index is 12.8. The van der Waals surface area contributed by atoms with E-state index in [-0.39, 0.29) is 22.8 Å². The number of hydrogen-bond acceptors (Lipinski definition) is 6. The van der Waals surface area contributed by atoms with Crippen LogP contribution in [0.5, 0.6) is 0 Å². The number of anilines is 2. The Morgan fingerprint density at radius 1 is 1.21 bits per heavy atom. The first kappa shape index (κ1) is 23.0. The maximum Gasteiger partial charge on any atom is 0.410 e. The molecule has 1 heterocycles. The highest BCUT2D eigenvalue weighted by molar-refractivity contribution is 7.89. The van der Waals surface area contributed by atoms with Crippen molar-refractivity contribution in [3.05, 3.63) is 18.2 Å². The Bertz CT molecular complexity index is 869. The molecule has 2 amide bonds. The molecular weight excluding hydrogens is 396 g/mol. The topological polar surface area (TPSA) is 122 Å². The second-order valence-electron chi connectivity index (χ2n) is 8.35. The Hall–Kier alpha value is -2.33. The van der Waals surface area contributed by atoms with Crippen molar-refractivity contribution in [1.29, 1.82) is 0 Å². The summed E-state index contributed by atoms with van der Waals surface area (Å²) in [5.74, 6) is -0.509. The first-order valence-corrected chi connectivity index (χ1v) is 11.0. The number of carbonyl (C=O) groups excluding carboxylic acids is 2. The van der Waals surface area contributed by atoms with E-state index >= 15 is 0 Å². The highest BCUT2D eigenvalue weighted by Crippen LogP contribution is 2.29. The van der Waals surface area contributed by atoms with Crippen molar-refractivity contribution in [2.75, 3.05) is 37.4 Å². The van der Waals surface area contributed by atoms with Crippen LogP contribution in [-0.2, 0) is 19.6 Å². The number of amides is 2. The molecule has 1 aliphatic rings. The van der Waals surface area contributed by atoms with Crippen molar-refractivity contribution >= 4 is 33.4 Å². The van der Waals surface area contributed by atoms with Crippen LogP contribution >= 0.6 is 0 Å². The van der Waals surface area contributed by atoms with E-state index in [1.54, 1.807) is 30.0 Å². The molecule has 1 aliphatic heterocycles. The van der Waals surface area contributed by atoms with Crippen LogP contribution in [-0.4, -0.2) is 58.1 Å². The highest BCUT2D eigenvalue weighted by atomic mass is 32.2. The van der Waals surface area contributed by atoms with Crippen LogP contribution in [0.25, 0.3) is 0 Å². The minimum atomic E-state index is -3.89. The number of nitrogens with zero attached hydrogens (tertiary/aromatic N) is 2. The Balaban J connectivity index is 2.07. The molecule has 0 spiro atoms. The summed E-state index contributed by atoms with van der Waals surface area (Å²) in [5, 5.41) is 8.03. The van der Waals surface area contributed by atoms with Crippen LogP contribution in [0.1, 0.15) is 33.6 Å². The van der Waals surface area contributed by atoms with E-state index < -0.39 is 15.6 Å². The van der Waals surface area contributed by atoms with Crippen molar-refractivity contribution in [2.24, 2.45) is 11.1 Å². The number of hydrogen-bond donors (Lipinski definition) is 2. The zero-order chi connectivity index (χ0) is 22.0. The summed E-state index contributed by atoms with van der Waals surface area (Å²) < 4.78 is 28.7. The van der Waals surface area contributed by atoms with Crippen molar-refractivity contribution in [1.82, 2.24) is 4.90 Å². The Labute approximate surface area is 172 Å². The largest absolute Gasteiger partial charge is 0.444 e. The number of piperidine rings is 1. The van der Waals surface area contributed by atoms with Gasteiger partial charge in [-0.1, -0.05) is 0 Å². The first-order chi connectivity index (χ1) is 13.3. The number of likely N-dealkylation sites (tertiary alicyclic amines) is 1. The highest BCUT2D eigenvalue weighted by Gasteiger charge is 2.30. The molecule has 29 heavy (non-hydrogen) atoms. The van der Waals surface area contributed by atoms with Crippen LogP contribution in [0.15, 0.2) is 23.1 Å². The Morgan fingerprint density at radius 3 is 2.28 bits per heavy atom. The average molecular weight is 427 g/mol. The maximum absolute atomic E-state index is 12.8. The molecular formula is C19H30N4O5S. The lowest BCUT2D eigenvalue weighted by Gasteiger charge is -2.33. The number of sulfonamides is 1. The number of primary sulfonamides is 1. The zero-order valence-corrected chi connectivity index (χ0v) is 18.4. The number of ether oxygens (including phenoxy) is 1. The predicted octanol–water partition coefficient (Wildman–Crippen LogP) is 1.99. The van der Waals surface area contributed by atoms with Gasteiger partial charge in [-0.2, -0.15) is 0 Å². The van der Waals surface area contributed by atoms with Gasteiger partial charge in [0.2, 0.25) is 15.9 Å². The van der Waals surface area contributed by atoms with Gasteiger partial charge in [0.05, 0.1) is 16.3 Å². The first-order valence-electron chi connectivity index (χ1n) is 9.41. The Morgan fingerprint density at radius 2 is 1.79 bits per heavy atom. The predicted molar refractivity (Wildman–Crippen MR) is 111 cm³/mol. The van der Waals surface area contributed by atoms with Gasteiger partial charge in [0.15, 0.2) is 0 Å². The van der Waals surface area contributed by atoms with Crippen LogP contribution in [0.2, 0.25) is 0 Å². The van der Waals surface area contributed by atoms with Gasteiger partial charge in [-0.15, -0.1) is 0 Å². The summed E-state index contributed by atoms with van der Waals surface area (Å²) in [6.45, 7) is 6.27. The molecule has 1 fully saturated rings. The molecule has 0 saturated carbocycles. The summed E-state index contributed by atoms with van der Waals surface area (Å²) in [6.07, 6.45) is 0.612. The van der Waals surface area contributed by atoms with Crippen LogP contribution < -0.4 is 15.4 Å². The molecule has 2 rings (SSSR count). The van der Waals surface area contributed by atoms with Crippen molar-refractivity contribution in [3.8, 4) is 0 Å². The van der Waals surface area contributed by atoms with E-state index in [4.69, 9.17) is 9.88 Å². The van der Waals surface area contributed by atoms with E-state index in [9.17, 15) is 18.0 Å². The SMILES string of the molecule is CN(C)c1ccc(S(N)(=O)=O)cc1NC(=O)C1CCN(C(=O)OC(C)(C)C)CC1. The quantitative estimate of drug-likeness (QED) is 0.759. The fraction of sp³-hybridized carbons (Fsp3) is 0.579. The van der Waals surface area contributed by atoms with Crippen LogP contribution in [0.4, 0.5) is 16.2 Å². The summed E-state index contributed by atoms with van der Waals surface area (Å²) >= 11 is 0. The number of benzene rings is 1. The monoisotopic (exact) mass is 426 g/mol. The summed E-state index contributed by atoms with van der Waals surface area (Å²) in [5.41, 5.74) is 0.473. The van der Waals surface area contributed by atoms with Gasteiger partial charge in [-0.25, -0.2) is 18.4 Å². The lowest BCUT2D eigenvalue weighted by Crippen LogP contribution is -2.43. The number of carbonyl (C=O) groups is 2. The normalized spacial score (nSPS) is 15.7. The molecule has 3 N–H and O–H groups in total. The van der Waals surface area contributed by atoms with Crippen LogP contribution in [0, 0.1) is 5.92 Å². The van der Waals surface area contributed by atoms with E-state index in [0.29, 0.717) is 37.3 Å². The average Bonchev–Trinajstić information content (AvgIpc) is 2.59. The van der Waals surface area contributed by atoms with E-state index in [2.05, 4.69) is 5.32 Å². The molecule has 1 aromatic rings. The van der Waals surface area contributed by atoms with E-state index in [0.717, 1.165) is 0 Å². The molecule has 0 radical (unpaired) electrons. The van der Waals surface area contributed by atoms with Gasteiger partial charge in [0, 0.05) is 33.1 Å². The second-order valence-corrected chi connectivity index (χ2v) is 9.91. The Kier molecular flexibility index (Phi) is 6.79. The zero-order valence-electron chi connectivity index (χ0n) is 17.6. The third-order valence-electron chi connectivity index (χ3n) is 4.55. The molecule has 162 valence electrons. The molecule has 0 unspecified atom stereocenters. The fourth-order valence-electron chi connectivity index (χ4n) is 3.07. The van der Waals surface area contributed by atoms with Crippen molar-refractivity contribution < 1.29 is 22.7 Å². The van der Waals surface area contributed by atoms with E-state index in [1.165, 1.54) is 12.1 Å². The van der Waals surface area contributed by atoms with Gasteiger partial charge >= 0.3 is 6.09 Å². The van der Waals surface area contributed by atoms with Crippen molar-refractivity contribution in [2.45, 2.75) is 44.1 Å². The summed E-state index contributed by atoms with van der Waals surface area (Å²) in [4.78, 5) is 28.2. The van der Waals surface area contributed by atoms with Crippen LogP contribution in [0.3, 0.4) is 0 Å². The molecule has 1 saturated heterocycles. The second kappa shape index (κ2) is 8.58. The van der Waals surface area contributed by atoms with Gasteiger partial charge in [0.1, 0.15) is 5.60 Å². The van der Waals surface area contributed by atoms with Gasteiger partial charge in [-0.3, -0.25) is 4.79 Å². The third kappa shape index (κ3) is 6.33. The molecule has 0 aromatic heterocycles. The summed E-state index contributed by atoms with van der Waals surface area (Å²) in [7, 11) is -0.303. The molecule has 9 nitrogen and oxygen atoms in total. The molecule has 10 heteroatoms. The molecule has 1 aromatic carbocycles. The van der Waals surface area contributed by atoms with Gasteiger partial charge < -0.3 is 19.9 Å². The van der Waals surface area contributed by atoms with Crippen molar-refractivity contribution in [3.63, 3.8) is 0 Å². The smallest absolute Gasteiger partial charge is 0.410 e. The fourth-order valence-corrected chi connectivity index (χ4v) is 3.61. The lowest BCUT2D eigenvalue weighted by molar-refractivity contribution is -0.121. The van der Waals surface area contributed by atoms with Gasteiger partial charge in [-0.05, 0) is 51.8 Å². The number of rotatable bonds is 4. The van der Waals surface area contributed by atoms with Gasteiger partial charge in [0.25, 0.3) is 0 Å². The minimum Gasteiger partial charge on any atom is -0.444 e. The molecule has 0 bridgehead atoms.